The molecule has 0 radical (unpaired) electrons. The van der Waals surface area contributed by atoms with Crippen LogP contribution in [0.4, 0.5) is 5.95 Å². The van der Waals surface area contributed by atoms with Gasteiger partial charge in [0, 0.05) is 22.6 Å². The second kappa shape index (κ2) is 6.88. The summed E-state index contributed by atoms with van der Waals surface area (Å²) in [6.07, 6.45) is 1.74. The Morgan fingerprint density at radius 3 is 2.42 bits per heavy atom. The van der Waals surface area contributed by atoms with Gasteiger partial charge in [-0.15, -0.1) is 0 Å². The van der Waals surface area contributed by atoms with Crippen LogP contribution in [0.15, 0.2) is 59.2 Å². The summed E-state index contributed by atoms with van der Waals surface area (Å²) >= 11 is 3.36. The standard InChI is InChI=1S/C18H16BrN3O2/c1-22-16(12-5-9-15(24-2)10-6-12)11-20-18(22)21-17(23)13-3-7-14(19)8-4-13/h3-11H,1-2H3,(H,20,21,23). The van der Waals surface area contributed by atoms with E-state index in [4.69, 9.17) is 4.74 Å². The Balaban J connectivity index is 1.81. The highest BCUT2D eigenvalue weighted by atomic mass is 79.9. The van der Waals surface area contributed by atoms with Gasteiger partial charge in [0.15, 0.2) is 0 Å². The number of amides is 1. The van der Waals surface area contributed by atoms with Crippen molar-refractivity contribution in [2.24, 2.45) is 7.05 Å². The van der Waals surface area contributed by atoms with Crippen molar-refractivity contribution in [2.45, 2.75) is 0 Å². The molecule has 1 aromatic heterocycles. The summed E-state index contributed by atoms with van der Waals surface area (Å²) in [6, 6.07) is 14.9. The highest BCUT2D eigenvalue weighted by Crippen LogP contribution is 2.24. The van der Waals surface area contributed by atoms with Gasteiger partial charge in [-0.2, -0.15) is 0 Å². The average Bonchev–Trinajstić information content (AvgIpc) is 2.96. The van der Waals surface area contributed by atoms with Gasteiger partial charge < -0.3 is 9.30 Å². The molecule has 0 saturated carbocycles. The monoisotopic (exact) mass is 385 g/mol. The van der Waals surface area contributed by atoms with E-state index in [1.165, 1.54) is 0 Å². The van der Waals surface area contributed by atoms with E-state index in [2.05, 4.69) is 26.2 Å². The lowest BCUT2D eigenvalue weighted by Crippen LogP contribution is -2.15. The van der Waals surface area contributed by atoms with Crippen molar-refractivity contribution in [3.63, 3.8) is 0 Å². The second-order valence-corrected chi connectivity index (χ2v) is 6.13. The Bertz CT molecular complexity index is 855. The number of hydrogen-bond acceptors (Lipinski definition) is 3. The maximum absolute atomic E-state index is 12.3. The van der Waals surface area contributed by atoms with Gasteiger partial charge in [-0.05, 0) is 48.5 Å². The Kier molecular flexibility index (Phi) is 4.66. The van der Waals surface area contributed by atoms with Crippen LogP contribution < -0.4 is 10.1 Å². The molecule has 0 fully saturated rings. The van der Waals surface area contributed by atoms with Crippen molar-refractivity contribution in [1.82, 2.24) is 9.55 Å². The van der Waals surface area contributed by atoms with E-state index in [1.807, 2.05) is 48.0 Å². The molecule has 122 valence electrons. The number of rotatable bonds is 4. The minimum Gasteiger partial charge on any atom is -0.497 e. The first-order valence-corrected chi connectivity index (χ1v) is 8.11. The number of nitrogens with zero attached hydrogens (tertiary/aromatic N) is 2. The second-order valence-electron chi connectivity index (χ2n) is 5.22. The molecule has 0 unspecified atom stereocenters. The molecule has 0 bridgehead atoms. The van der Waals surface area contributed by atoms with Gasteiger partial charge in [-0.25, -0.2) is 4.98 Å². The molecule has 3 aromatic rings. The van der Waals surface area contributed by atoms with Crippen LogP contribution in [0.2, 0.25) is 0 Å². The van der Waals surface area contributed by atoms with E-state index in [0.717, 1.165) is 21.5 Å². The third kappa shape index (κ3) is 3.33. The summed E-state index contributed by atoms with van der Waals surface area (Å²) in [5.74, 6) is 1.09. The van der Waals surface area contributed by atoms with Gasteiger partial charge in [-0.3, -0.25) is 10.1 Å². The van der Waals surface area contributed by atoms with Crippen molar-refractivity contribution in [3.8, 4) is 17.0 Å². The molecule has 2 aromatic carbocycles. The van der Waals surface area contributed by atoms with E-state index < -0.39 is 0 Å². The van der Waals surface area contributed by atoms with Gasteiger partial charge in [0.2, 0.25) is 5.95 Å². The fraction of sp³-hybridized carbons (Fsp3) is 0.111. The molecule has 0 atom stereocenters. The van der Waals surface area contributed by atoms with Crippen LogP contribution in [0.1, 0.15) is 10.4 Å². The molecule has 5 nitrogen and oxygen atoms in total. The van der Waals surface area contributed by atoms with Gasteiger partial charge in [0.25, 0.3) is 5.91 Å². The number of benzene rings is 2. The van der Waals surface area contributed by atoms with E-state index >= 15 is 0 Å². The van der Waals surface area contributed by atoms with Gasteiger partial charge in [-0.1, -0.05) is 15.9 Å². The van der Waals surface area contributed by atoms with Crippen LogP contribution in [-0.4, -0.2) is 22.6 Å². The van der Waals surface area contributed by atoms with Crippen LogP contribution in [-0.2, 0) is 7.05 Å². The molecule has 24 heavy (non-hydrogen) atoms. The lowest BCUT2D eigenvalue weighted by molar-refractivity contribution is 0.102. The number of nitrogens with one attached hydrogen (secondary N) is 1. The zero-order valence-electron chi connectivity index (χ0n) is 13.3. The highest BCUT2D eigenvalue weighted by molar-refractivity contribution is 9.10. The predicted molar refractivity (Wildman–Crippen MR) is 97.3 cm³/mol. The minimum atomic E-state index is -0.197. The van der Waals surface area contributed by atoms with E-state index in [1.54, 1.807) is 25.4 Å². The Morgan fingerprint density at radius 2 is 1.79 bits per heavy atom. The number of methoxy groups -OCH3 is 1. The maximum Gasteiger partial charge on any atom is 0.257 e. The largest absolute Gasteiger partial charge is 0.497 e. The van der Waals surface area contributed by atoms with E-state index in [9.17, 15) is 4.79 Å². The summed E-state index contributed by atoms with van der Waals surface area (Å²) in [7, 11) is 3.50. The molecule has 1 N–H and O–H groups in total. The SMILES string of the molecule is COc1ccc(-c2cnc(NC(=O)c3ccc(Br)cc3)n2C)cc1. The van der Waals surface area contributed by atoms with Gasteiger partial charge in [0.1, 0.15) is 5.75 Å². The molecule has 1 heterocycles. The molecule has 0 saturated heterocycles. The summed E-state index contributed by atoms with van der Waals surface area (Å²) in [4.78, 5) is 16.6. The summed E-state index contributed by atoms with van der Waals surface area (Å²) in [6.45, 7) is 0. The Hall–Kier alpha value is -2.60. The third-order valence-corrected chi connectivity index (χ3v) is 4.23. The number of ether oxygens (including phenoxy) is 1. The molecular weight excluding hydrogens is 370 g/mol. The Morgan fingerprint density at radius 1 is 1.12 bits per heavy atom. The first kappa shape index (κ1) is 16.3. The number of carbonyl (C=O) groups is 1. The van der Waals surface area contributed by atoms with Crippen LogP contribution >= 0.6 is 15.9 Å². The minimum absolute atomic E-state index is 0.197. The summed E-state index contributed by atoms with van der Waals surface area (Å²) < 4.78 is 7.94. The summed E-state index contributed by atoms with van der Waals surface area (Å²) in [5.41, 5.74) is 2.48. The van der Waals surface area contributed by atoms with E-state index in [-0.39, 0.29) is 5.91 Å². The number of aromatic nitrogens is 2. The lowest BCUT2D eigenvalue weighted by atomic mass is 10.1. The summed E-state index contributed by atoms with van der Waals surface area (Å²) in [5, 5.41) is 2.83. The molecule has 0 aliphatic carbocycles. The van der Waals surface area contributed by atoms with Crippen molar-refractivity contribution < 1.29 is 9.53 Å². The zero-order chi connectivity index (χ0) is 17.1. The first-order valence-electron chi connectivity index (χ1n) is 7.31. The topological polar surface area (TPSA) is 56.1 Å². The predicted octanol–water partition coefficient (Wildman–Crippen LogP) is 4.11. The van der Waals surface area contributed by atoms with Crippen LogP contribution in [0.3, 0.4) is 0 Å². The van der Waals surface area contributed by atoms with Crippen molar-refractivity contribution >= 4 is 27.8 Å². The molecule has 1 amide bonds. The third-order valence-electron chi connectivity index (χ3n) is 3.71. The first-order chi connectivity index (χ1) is 11.6. The number of imidazole rings is 1. The van der Waals surface area contributed by atoms with Crippen LogP contribution in [0.25, 0.3) is 11.3 Å². The highest BCUT2D eigenvalue weighted by Gasteiger charge is 2.12. The van der Waals surface area contributed by atoms with Crippen molar-refractivity contribution in [1.29, 1.82) is 0 Å². The van der Waals surface area contributed by atoms with Crippen molar-refractivity contribution in [3.05, 3.63) is 64.8 Å². The van der Waals surface area contributed by atoms with Crippen LogP contribution in [0, 0.1) is 0 Å². The van der Waals surface area contributed by atoms with Gasteiger partial charge in [0.05, 0.1) is 19.0 Å². The number of halogens is 1. The zero-order valence-corrected chi connectivity index (χ0v) is 14.9. The van der Waals surface area contributed by atoms with Crippen LogP contribution in [0.5, 0.6) is 5.75 Å². The molecule has 3 rings (SSSR count). The molecule has 0 aliphatic heterocycles. The smallest absolute Gasteiger partial charge is 0.257 e. The molecule has 0 spiro atoms. The lowest BCUT2D eigenvalue weighted by Gasteiger charge is -2.08. The molecule has 6 heteroatoms. The molecular formula is C18H16BrN3O2. The van der Waals surface area contributed by atoms with Crippen molar-refractivity contribution in [2.75, 3.05) is 12.4 Å². The maximum atomic E-state index is 12.3. The van der Waals surface area contributed by atoms with E-state index in [0.29, 0.717) is 11.5 Å². The van der Waals surface area contributed by atoms with Gasteiger partial charge >= 0.3 is 0 Å². The number of carbonyl (C=O) groups excluding carboxylic acids is 1. The fourth-order valence-corrected chi connectivity index (χ4v) is 2.59. The normalized spacial score (nSPS) is 10.5. The fourth-order valence-electron chi connectivity index (χ4n) is 2.33. The Labute approximate surface area is 148 Å². The molecule has 0 aliphatic rings. The number of anilines is 1. The number of hydrogen-bond donors (Lipinski definition) is 1. The quantitative estimate of drug-likeness (QED) is 0.734. The average molecular weight is 386 g/mol.